The number of nitrogens with zero attached hydrogens (tertiary/aromatic N) is 2. The summed E-state index contributed by atoms with van der Waals surface area (Å²) in [6.45, 7) is 8.93. The quantitative estimate of drug-likeness (QED) is 0.885. The third-order valence-electron chi connectivity index (χ3n) is 3.37. The van der Waals surface area contributed by atoms with Crippen LogP contribution in [0.3, 0.4) is 0 Å². The molecule has 22 heavy (non-hydrogen) atoms. The van der Waals surface area contributed by atoms with Gasteiger partial charge in [0.2, 0.25) is 0 Å². The molecule has 0 aliphatic heterocycles. The number of urea groups is 1. The van der Waals surface area contributed by atoms with Crippen LogP contribution in [-0.2, 0) is 0 Å². The molecule has 0 bridgehead atoms. The first kappa shape index (κ1) is 16.1. The summed E-state index contributed by atoms with van der Waals surface area (Å²) in [5, 5.41) is 10.2. The first-order valence-electron chi connectivity index (χ1n) is 7.64. The molecule has 0 aliphatic rings. The minimum absolute atomic E-state index is 0.175. The highest BCUT2D eigenvalue weighted by Crippen LogP contribution is 2.16. The maximum atomic E-state index is 11.9. The van der Waals surface area contributed by atoms with Gasteiger partial charge in [-0.1, -0.05) is 19.9 Å². The van der Waals surface area contributed by atoms with E-state index in [1.165, 1.54) is 0 Å². The Kier molecular flexibility index (Phi) is 5.20. The largest absolute Gasteiger partial charge is 0.338 e. The lowest BCUT2D eigenvalue weighted by molar-refractivity contribution is 0.251. The van der Waals surface area contributed by atoms with E-state index in [4.69, 9.17) is 0 Å². The molecule has 118 valence electrons. The normalized spacial score (nSPS) is 10.8. The molecule has 0 saturated heterocycles. The van der Waals surface area contributed by atoms with E-state index in [9.17, 15) is 4.79 Å². The minimum atomic E-state index is -0.175. The number of benzene rings is 1. The highest BCUT2D eigenvalue weighted by Gasteiger charge is 2.06. The lowest BCUT2D eigenvalue weighted by atomic mass is 10.1. The number of hydrogen-bond donors (Lipinski definition) is 2. The van der Waals surface area contributed by atoms with E-state index < -0.39 is 0 Å². The molecule has 2 N–H and O–H groups in total. The van der Waals surface area contributed by atoms with Crippen LogP contribution in [0, 0.1) is 19.8 Å². The Hall–Kier alpha value is -2.30. The van der Waals surface area contributed by atoms with Crippen molar-refractivity contribution in [2.75, 3.05) is 11.9 Å². The number of rotatable bonds is 5. The number of carbonyl (C=O) groups excluding carboxylic acids is 1. The minimum Gasteiger partial charge on any atom is -0.338 e. The van der Waals surface area contributed by atoms with E-state index in [1.807, 2.05) is 48.9 Å². The second-order valence-electron chi connectivity index (χ2n) is 5.95. The molecule has 0 spiro atoms. The molecule has 0 fully saturated rings. The highest BCUT2D eigenvalue weighted by molar-refractivity contribution is 5.89. The Labute approximate surface area is 131 Å². The van der Waals surface area contributed by atoms with Crippen LogP contribution >= 0.6 is 0 Å². The third-order valence-corrected chi connectivity index (χ3v) is 3.37. The molecule has 0 atom stereocenters. The predicted molar refractivity (Wildman–Crippen MR) is 89.5 cm³/mol. The summed E-state index contributed by atoms with van der Waals surface area (Å²) in [5.41, 5.74) is 3.73. The number of anilines is 1. The van der Waals surface area contributed by atoms with Crippen LogP contribution < -0.4 is 10.6 Å². The molecule has 1 heterocycles. The number of hydrogen-bond acceptors (Lipinski definition) is 2. The number of amides is 2. The van der Waals surface area contributed by atoms with Gasteiger partial charge in [-0.25, -0.2) is 9.48 Å². The smallest absolute Gasteiger partial charge is 0.319 e. The first-order valence-corrected chi connectivity index (χ1v) is 7.64. The molecule has 5 heteroatoms. The van der Waals surface area contributed by atoms with Crippen LogP contribution in [0.5, 0.6) is 0 Å². The lowest BCUT2D eigenvalue weighted by Gasteiger charge is -2.10. The lowest BCUT2D eigenvalue weighted by Crippen LogP contribution is -2.30. The summed E-state index contributed by atoms with van der Waals surface area (Å²) in [4.78, 5) is 11.9. The van der Waals surface area contributed by atoms with E-state index >= 15 is 0 Å². The van der Waals surface area contributed by atoms with Crippen LogP contribution in [0.2, 0.25) is 0 Å². The third kappa shape index (κ3) is 4.35. The molecule has 1 aromatic carbocycles. The van der Waals surface area contributed by atoms with Crippen LogP contribution in [0.1, 0.15) is 31.7 Å². The van der Waals surface area contributed by atoms with Crippen molar-refractivity contribution in [3.8, 4) is 5.69 Å². The first-order chi connectivity index (χ1) is 10.5. The van der Waals surface area contributed by atoms with Gasteiger partial charge in [-0.15, -0.1) is 0 Å². The van der Waals surface area contributed by atoms with Crippen LogP contribution in [-0.4, -0.2) is 22.4 Å². The Balaban J connectivity index is 2.03. The molecule has 5 nitrogen and oxygen atoms in total. The van der Waals surface area contributed by atoms with E-state index in [-0.39, 0.29) is 6.03 Å². The van der Waals surface area contributed by atoms with E-state index in [0.29, 0.717) is 12.5 Å². The Morgan fingerprint density at radius 3 is 2.68 bits per heavy atom. The van der Waals surface area contributed by atoms with Crippen molar-refractivity contribution < 1.29 is 4.79 Å². The molecule has 2 rings (SSSR count). The number of carbonyl (C=O) groups is 1. The fourth-order valence-electron chi connectivity index (χ4n) is 2.26. The van der Waals surface area contributed by atoms with Crippen LogP contribution in [0.15, 0.2) is 30.3 Å². The second kappa shape index (κ2) is 7.11. The van der Waals surface area contributed by atoms with Gasteiger partial charge < -0.3 is 10.6 Å². The average molecular weight is 300 g/mol. The fourth-order valence-corrected chi connectivity index (χ4v) is 2.26. The zero-order chi connectivity index (χ0) is 16.1. The van der Waals surface area contributed by atoms with Crippen molar-refractivity contribution in [3.63, 3.8) is 0 Å². The van der Waals surface area contributed by atoms with Gasteiger partial charge in [0.25, 0.3) is 0 Å². The van der Waals surface area contributed by atoms with Crippen molar-refractivity contribution in [2.45, 2.75) is 34.1 Å². The van der Waals surface area contributed by atoms with Crippen molar-refractivity contribution in [1.82, 2.24) is 15.1 Å². The van der Waals surface area contributed by atoms with Crippen molar-refractivity contribution >= 4 is 11.7 Å². The SMILES string of the molecule is Cc1cc(C)n(-c2cccc(NC(=O)NCCC(C)C)c2)n1. The standard InChI is InChI=1S/C17H24N4O/c1-12(2)8-9-18-17(22)19-15-6-5-7-16(11-15)21-14(4)10-13(3)20-21/h5-7,10-12H,8-9H2,1-4H3,(H2,18,19,22). The van der Waals surface area contributed by atoms with Gasteiger partial charge in [0, 0.05) is 17.9 Å². The van der Waals surface area contributed by atoms with Gasteiger partial charge >= 0.3 is 6.03 Å². The molecular weight excluding hydrogens is 276 g/mol. The summed E-state index contributed by atoms with van der Waals surface area (Å²) < 4.78 is 1.87. The van der Waals surface area contributed by atoms with Gasteiger partial charge in [0.05, 0.1) is 11.4 Å². The number of aryl methyl sites for hydroxylation is 2. The van der Waals surface area contributed by atoms with Gasteiger partial charge in [-0.2, -0.15) is 5.10 Å². The molecule has 0 saturated carbocycles. The maximum Gasteiger partial charge on any atom is 0.319 e. The summed E-state index contributed by atoms with van der Waals surface area (Å²) in [7, 11) is 0. The molecule has 1 aromatic heterocycles. The zero-order valence-electron chi connectivity index (χ0n) is 13.7. The molecule has 0 aliphatic carbocycles. The topological polar surface area (TPSA) is 59.0 Å². The fraction of sp³-hybridized carbons (Fsp3) is 0.412. The monoisotopic (exact) mass is 300 g/mol. The predicted octanol–water partition coefficient (Wildman–Crippen LogP) is 3.66. The second-order valence-corrected chi connectivity index (χ2v) is 5.95. The van der Waals surface area contributed by atoms with Crippen molar-refractivity contribution in [1.29, 1.82) is 0 Å². The van der Waals surface area contributed by atoms with Gasteiger partial charge in [-0.05, 0) is 50.5 Å². The maximum absolute atomic E-state index is 11.9. The molecule has 0 radical (unpaired) electrons. The summed E-state index contributed by atoms with van der Waals surface area (Å²) >= 11 is 0. The Morgan fingerprint density at radius 1 is 1.27 bits per heavy atom. The van der Waals surface area contributed by atoms with Gasteiger partial charge in [0.15, 0.2) is 0 Å². The molecular formula is C17H24N4O. The average Bonchev–Trinajstić information content (AvgIpc) is 2.77. The van der Waals surface area contributed by atoms with Crippen LogP contribution in [0.4, 0.5) is 10.5 Å². The van der Waals surface area contributed by atoms with E-state index in [0.717, 1.165) is 29.2 Å². The Bertz CT molecular complexity index is 646. The van der Waals surface area contributed by atoms with E-state index in [1.54, 1.807) is 0 Å². The number of aromatic nitrogens is 2. The summed E-state index contributed by atoms with van der Waals surface area (Å²) in [6, 6.07) is 9.53. The Morgan fingerprint density at radius 2 is 2.05 bits per heavy atom. The van der Waals surface area contributed by atoms with Crippen molar-refractivity contribution in [3.05, 3.63) is 41.7 Å². The zero-order valence-corrected chi connectivity index (χ0v) is 13.7. The summed E-state index contributed by atoms with van der Waals surface area (Å²) in [5.74, 6) is 0.578. The number of nitrogens with one attached hydrogen (secondary N) is 2. The molecule has 2 amide bonds. The highest BCUT2D eigenvalue weighted by atomic mass is 16.2. The molecule has 0 unspecified atom stereocenters. The van der Waals surface area contributed by atoms with Gasteiger partial charge in [0.1, 0.15) is 0 Å². The molecule has 2 aromatic rings. The van der Waals surface area contributed by atoms with Gasteiger partial charge in [-0.3, -0.25) is 0 Å². The van der Waals surface area contributed by atoms with E-state index in [2.05, 4.69) is 29.6 Å². The van der Waals surface area contributed by atoms with Crippen LogP contribution in [0.25, 0.3) is 5.69 Å². The van der Waals surface area contributed by atoms with Crippen molar-refractivity contribution in [2.24, 2.45) is 5.92 Å². The summed E-state index contributed by atoms with van der Waals surface area (Å²) in [6.07, 6.45) is 0.971.